The third-order valence-corrected chi connectivity index (χ3v) is 2.55. The molecule has 0 unspecified atom stereocenters. The quantitative estimate of drug-likeness (QED) is 0.563. The summed E-state index contributed by atoms with van der Waals surface area (Å²) >= 11 is 0. The van der Waals surface area contributed by atoms with Gasteiger partial charge in [0.05, 0.1) is 19.0 Å². The fourth-order valence-electron chi connectivity index (χ4n) is 0.974. The van der Waals surface area contributed by atoms with Crippen molar-refractivity contribution in [3.8, 4) is 0 Å². The van der Waals surface area contributed by atoms with E-state index in [0.717, 1.165) is 13.0 Å². The van der Waals surface area contributed by atoms with Crippen LogP contribution in [0.3, 0.4) is 0 Å². The molecule has 0 fully saturated rings. The monoisotopic (exact) mass is 239 g/mol. The number of primary sulfonamides is 1. The highest BCUT2D eigenvalue weighted by Crippen LogP contribution is 1.93. The number of nitrogens with two attached hydrogens (primary N) is 1. The molecule has 0 bridgehead atoms. The van der Waals surface area contributed by atoms with Crippen molar-refractivity contribution in [3.05, 3.63) is 0 Å². The van der Waals surface area contributed by atoms with Crippen LogP contribution in [0.4, 0.5) is 0 Å². The molecule has 0 amide bonds. The van der Waals surface area contributed by atoms with Gasteiger partial charge in [-0.25, -0.2) is 13.6 Å². The lowest BCUT2D eigenvalue weighted by Crippen LogP contribution is -2.16. The zero-order chi connectivity index (χ0) is 11.6. The van der Waals surface area contributed by atoms with E-state index in [4.69, 9.17) is 14.6 Å². The Morgan fingerprint density at radius 2 is 1.60 bits per heavy atom. The standard InChI is InChI=1S/C9H21NO4S/c1-2-5-13-7-8-14-6-3-4-9-15(10,11)12/h2-9H2,1H3,(H2,10,11,12). The van der Waals surface area contributed by atoms with Crippen LogP contribution in [0, 0.1) is 0 Å². The molecule has 0 rings (SSSR count). The third kappa shape index (κ3) is 13.8. The first-order valence-electron chi connectivity index (χ1n) is 5.22. The summed E-state index contributed by atoms with van der Waals surface area (Å²) < 4.78 is 31.5. The van der Waals surface area contributed by atoms with Crippen molar-refractivity contribution in [1.82, 2.24) is 0 Å². The maximum absolute atomic E-state index is 10.6. The number of rotatable bonds is 10. The van der Waals surface area contributed by atoms with Gasteiger partial charge in [-0.2, -0.15) is 0 Å². The van der Waals surface area contributed by atoms with Gasteiger partial charge in [-0.3, -0.25) is 0 Å². The van der Waals surface area contributed by atoms with E-state index < -0.39 is 10.0 Å². The van der Waals surface area contributed by atoms with Gasteiger partial charge in [0.2, 0.25) is 10.0 Å². The van der Waals surface area contributed by atoms with Gasteiger partial charge in [0.25, 0.3) is 0 Å². The molecule has 0 aromatic carbocycles. The molecule has 0 aromatic rings. The first kappa shape index (κ1) is 14.8. The largest absolute Gasteiger partial charge is 0.379 e. The Morgan fingerprint density at radius 1 is 1.00 bits per heavy atom. The van der Waals surface area contributed by atoms with Gasteiger partial charge in [-0.05, 0) is 19.3 Å². The molecule has 0 aliphatic heterocycles. The van der Waals surface area contributed by atoms with E-state index >= 15 is 0 Å². The van der Waals surface area contributed by atoms with Crippen LogP contribution in [0.2, 0.25) is 0 Å². The van der Waals surface area contributed by atoms with Gasteiger partial charge in [-0.15, -0.1) is 0 Å². The Morgan fingerprint density at radius 3 is 2.13 bits per heavy atom. The number of unbranched alkanes of at least 4 members (excludes halogenated alkanes) is 1. The number of sulfonamides is 1. The summed E-state index contributed by atoms with van der Waals surface area (Å²) in [5.41, 5.74) is 0. The van der Waals surface area contributed by atoms with Crippen LogP contribution >= 0.6 is 0 Å². The molecule has 0 heterocycles. The minimum atomic E-state index is -3.31. The summed E-state index contributed by atoms with van der Waals surface area (Å²) in [4.78, 5) is 0. The molecule has 6 heteroatoms. The lowest BCUT2D eigenvalue weighted by atomic mass is 10.4. The highest BCUT2D eigenvalue weighted by molar-refractivity contribution is 7.89. The molecule has 0 spiro atoms. The Balaban J connectivity index is 3.06. The molecule has 0 saturated carbocycles. The van der Waals surface area contributed by atoms with Crippen LogP contribution in [0.5, 0.6) is 0 Å². The Bertz CT molecular complexity index is 228. The summed E-state index contributed by atoms with van der Waals surface area (Å²) in [7, 11) is -3.31. The van der Waals surface area contributed by atoms with Gasteiger partial charge < -0.3 is 9.47 Å². The molecule has 2 N–H and O–H groups in total. The minimum absolute atomic E-state index is 0.0305. The minimum Gasteiger partial charge on any atom is -0.379 e. The molecule has 5 nitrogen and oxygen atoms in total. The zero-order valence-electron chi connectivity index (χ0n) is 9.28. The van der Waals surface area contributed by atoms with E-state index in [1.807, 2.05) is 6.92 Å². The van der Waals surface area contributed by atoms with Crippen LogP contribution in [0.15, 0.2) is 0 Å². The fourth-order valence-corrected chi connectivity index (χ4v) is 1.58. The highest BCUT2D eigenvalue weighted by atomic mass is 32.2. The van der Waals surface area contributed by atoms with Crippen LogP contribution in [0.1, 0.15) is 26.2 Å². The summed E-state index contributed by atoms with van der Waals surface area (Å²) in [5, 5.41) is 4.84. The first-order valence-corrected chi connectivity index (χ1v) is 6.93. The van der Waals surface area contributed by atoms with Gasteiger partial charge >= 0.3 is 0 Å². The van der Waals surface area contributed by atoms with E-state index in [9.17, 15) is 8.42 Å². The molecular formula is C9H21NO4S. The maximum atomic E-state index is 10.6. The van der Waals surface area contributed by atoms with E-state index in [-0.39, 0.29) is 5.75 Å². The average Bonchev–Trinajstić information content (AvgIpc) is 2.14. The lowest BCUT2D eigenvalue weighted by Gasteiger charge is -2.04. The van der Waals surface area contributed by atoms with Crippen molar-refractivity contribution >= 4 is 10.0 Å². The van der Waals surface area contributed by atoms with E-state index in [2.05, 4.69) is 0 Å². The van der Waals surface area contributed by atoms with Crippen LogP contribution in [-0.2, 0) is 19.5 Å². The number of ether oxygens (including phenoxy) is 2. The lowest BCUT2D eigenvalue weighted by molar-refractivity contribution is 0.0470. The van der Waals surface area contributed by atoms with Gasteiger partial charge in [0.15, 0.2) is 0 Å². The molecule has 0 aliphatic rings. The zero-order valence-corrected chi connectivity index (χ0v) is 10.1. The second-order valence-corrected chi connectivity index (χ2v) is 5.03. The Kier molecular flexibility index (Phi) is 8.98. The van der Waals surface area contributed by atoms with Gasteiger partial charge in [0, 0.05) is 13.2 Å². The van der Waals surface area contributed by atoms with E-state index in [1.165, 1.54) is 0 Å². The second kappa shape index (κ2) is 9.08. The van der Waals surface area contributed by atoms with Crippen molar-refractivity contribution in [1.29, 1.82) is 0 Å². The third-order valence-electron chi connectivity index (χ3n) is 1.69. The van der Waals surface area contributed by atoms with E-state index in [0.29, 0.717) is 32.7 Å². The van der Waals surface area contributed by atoms with Crippen molar-refractivity contribution in [2.75, 3.05) is 32.2 Å². The fraction of sp³-hybridized carbons (Fsp3) is 1.00. The molecule has 0 saturated heterocycles. The normalized spacial score (nSPS) is 11.9. The molecule has 0 atom stereocenters. The molecule has 92 valence electrons. The second-order valence-electron chi connectivity index (χ2n) is 3.30. The molecular weight excluding hydrogens is 218 g/mol. The van der Waals surface area contributed by atoms with Gasteiger partial charge in [0.1, 0.15) is 0 Å². The number of hydrogen-bond acceptors (Lipinski definition) is 4. The first-order chi connectivity index (χ1) is 7.06. The Labute approximate surface area is 92.0 Å². The van der Waals surface area contributed by atoms with Crippen molar-refractivity contribution in [2.45, 2.75) is 26.2 Å². The van der Waals surface area contributed by atoms with Crippen LogP contribution in [-0.4, -0.2) is 40.6 Å². The maximum Gasteiger partial charge on any atom is 0.209 e. The highest BCUT2D eigenvalue weighted by Gasteiger charge is 2.01. The Hall–Kier alpha value is -0.170. The van der Waals surface area contributed by atoms with Crippen molar-refractivity contribution in [3.63, 3.8) is 0 Å². The van der Waals surface area contributed by atoms with E-state index in [1.54, 1.807) is 0 Å². The summed E-state index contributed by atoms with van der Waals surface area (Å²) in [6.07, 6.45) is 2.27. The average molecular weight is 239 g/mol. The topological polar surface area (TPSA) is 78.6 Å². The van der Waals surface area contributed by atoms with Crippen molar-refractivity contribution in [2.24, 2.45) is 5.14 Å². The smallest absolute Gasteiger partial charge is 0.209 e. The molecule has 15 heavy (non-hydrogen) atoms. The van der Waals surface area contributed by atoms with Crippen LogP contribution in [0.25, 0.3) is 0 Å². The number of hydrogen-bond donors (Lipinski definition) is 1. The molecule has 0 aromatic heterocycles. The predicted octanol–water partition coefficient (Wildman–Crippen LogP) is 0.498. The molecule has 0 aliphatic carbocycles. The SMILES string of the molecule is CCCOCCOCCCCS(N)(=O)=O. The summed E-state index contributed by atoms with van der Waals surface area (Å²) in [6.45, 7) is 4.53. The summed E-state index contributed by atoms with van der Waals surface area (Å²) in [6, 6.07) is 0. The van der Waals surface area contributed by atoms with Crippen molar-refractivity contribution < 1.29 is 17.9 Å². The summed E-state index contributed by atoms with van der Waals surface area (Å²) in [5.74, 6) is 0.0305. The van der Waals surface area contributed by atoms with Crippen LogP contribution < -0.4 is 5.14 Å². The van der Waals surface area contributed by atoms with Gasteiger partial charge in [-0.1, -0.05) is 6.92 Å². The molecule has 0 radical (unpaired) electrons. The predicted molar refractivity (Wildman–Crippen MR) is 59.1 cm³/mol.